The summed E-state index contributed by atoms with van der Waals surface area (Å²) in [6.45, 7) is 3.68. The molecular weight excluding hydrogens is 452 g/mol. The number of carbonyl (C=O) groups is 2. The predicted molar refractivity (Wildman–Crippen MR) is 140 cm³/mol. The van der Waals surface area contributed by atoms with E-state index in [0.29, 0.717) is 5.92 Å². The average Bonchev–Trinajstić information content (AvgIpc) is 3.74. The van der Waals surface area contributed by atoms with Crippen LogP contribution in [-0.4, -0.2) is 53.0 Å². The molecule has 3 N–H and O–H groups in total. The fraction of sp³-hybridized carbons (Fsp3) is 0.552. The number of carboxylic acids is 1. The van der Waals surface area contributed by atoms with Gasteiger partial charge in [0.05, 0.1) is 18.4 Å². The van der Waals surface area contributed by atoms with E-state index in [0.717, 1.165) is 75.4 Å². The van der Waals surface area contributed by atoms with Gasteiger partial charge in [0.15, 0.2) is 0 Å². The Morgan fingerprint density at radius 3 is 2.89 bits per heavy atom. The molecule has 3 heterocycles. The van der Waals surface area contributed by atoms with Gasteiger partial charge in [-0.3, -0.25) is 9.59 Å². The normalized spacial score (nSPS) is 20.7. The Labute approximate surface area is 213 Å². The van der Waals surface area contributed by atoms with Gasteiger partial charge in [0.25, 0.3) is 0 Å². The average molecular weight is 491 g/mol. The van der Waals surface area contributed by atoms with E-state index >= 15 is 0 Å². The first-order chi connectivity index (χ1) is 17.5. The lowest BCUT2D eigenvalue weighted by Gasteiger charge is -2.33. The van der Waals surface area contributed by atoms with Gasteiger partial charge >= 0.3 is 5.97 Å². The monoisotopic (exact) mass is 490 g/mol. The van der Waals surface area contributed by atoms with Crippen molar-refractivity contribution in [3.63, 3.8) is 0 Å². The summed E-state index contributed by atoms with van der Waals surface area (Å²) in [5.41, 5.74) is 4.59. The fourth-order valence-corrected chi connectivity index (χ4v) is 5.63. The molecule has 36 heavy (non-hydrogen) atoms. The summed E-state index contributed by atoms with van der Waals surface area (Å²) >= 11 is 0. The van der Waals surface area contributed by atoms with Gasteiger partial charge in [0, 0.05) is 18.8 Å². The second kappa shape index (κ2) is 11.4. The first kappa shape index (κ1) is 24.8. The number of nitrogens with zero attached hydrogens (tertiary/aromatic N) is 2. The summed E-state index contributed by atoms with van der Waals surface area (Å²) in [5, 5.41) is 16.0. The van der Waals surface area contributed by atoms with E-state index < -0.39 is 12.0 Å². The standard InChI is InChI=1S/C29H38N4O3/c34-27(35)18-26(23-6-1-5-22(17-23)20-10-11-20)32-29(36)24-8-3-15-33(19-24)16-4-9-25-13-12-21-7-2-14-30-28(21)31-25/h1,5-6,12-13,17,20,24,26H,2-4,7-11,14-16,18-19H2,(H,30,31)(H,32,36)(H,34,35)/t24-,26+/m1/s1. The third-order valence-corrected chi connectivity index (χ3v) is 7.79. The van der Waals surface area contributed by atoms with Crippen LogP contribution in [0.25, 0.3) is 0 Å². The Hall–Kier alpha value is -2.93. The van der Waals surface area contributed by atoms with Gasteiger partial charge in [0.2, 0.25) is 5.91 Å². The molecule has 7 heteroatoms. The number of amides is 1. The smallest absolute Gasteiger partial charge is 0.305 e. The largest absolute Gasteiger partial charge is 0.481 e. The molecular formula is C29H38N4O3. The molecule has 1 aliphatic carbocycles. The van der Waals surface area contributed by atoms with Crippen LogP contribution in [0.2, 0.25) is 0 Å². The number of pyridine rings is 1. The van der Waals surface area contributed by atoms with Crippen molar-refractivity contribution in [1.82, 2.24) is 15.2 Å². The minimum atomic E-state index is -0.895. The third-order valence-electron chi connectivity index (χ3n) is 7.79. The number of carboxylic acid groups (broad SMARTS) is 1. The van der Waals surface area contributed by atoms with Gasteiger partial charge in [-0.1, -0.05) is 30.3 Å². The molecule has 5 rings (SSSR count). The minimum Gasteiger partial charge on any atom is -0.481 e. The number of aliphatic carboxylic acids is 1. The quantitative estimate of drug-likeness (QED) is 0.460. The Bertz CT molecular complexity index is 1080. The third kappa shape index (κ3) is 6.44. The van der Waals surface area contributed by atoms with Gasteiger partial charge in [-0.25, -0.2) is 4.98 Å². The van der Waals surface area contributed by atoms with Crippen molar-refractivity contribution in [3.05, 3.63) is 58.8 Å². The molecule has 2 atom stereocenters. The molecule has 1 aromatic heterocycles. The van der Waals surface area contributed by atoms with Crippen molar-refractivity contribution < 1.29 is 14.7 Å². The topological polar surface area (TPSA) is 94.6 Å². The minimum absolute atomic E-state index is 0.0230. The number of fused-ring (bicyclic) bond motifs is 1. The van der Waals surface area contributed by atoms with Crippen molar-refractivity contribution in [3.8, 4) is 0 Å². The lowest BCUT2D eigenvalue weighted by molar-refractivity contribution is -0.138. The van der Waals surface area contributed by atoms with Crippen LogP contribution in [-0.2, 0) is 22.4 Å². The van der Waals surface area contributed by atoms with Crippen LogP contribution in [0.3, 0.4) is 0 Å². The Kier molecular flexibility index (Phi) is 7.85. The SMILES string of the molecule is O=C(O)C[C@H](NC(=O)[C@@H]1CCCN(CCCc2ccc3c(n2)NCCC3)C1)c1cccc(C2CC2)c1. The molecule has 0 radical (unpaired) electrons. The van der Waals surface area contributed by atoms with Crippen LogP contribution < -0.4 is 10.6 Å². The number of hydrogen-bond acceptors (Lipinski definition) is 5. The molecule has 3 aliphatic rings. The first-order valence-electron chi connectivity index (χ1n) is 13.6. The highest BCUT2D eigenvalue weighted by Crippen LogP contribution is 2.40. The first-order valence-corrected chi connectivity index (χ1v) is 13.6. The summed E-state index contributed by atoms with van der Waals surface area (Å²) in [7, 11) is 0. The fourth-order valence-electron chi connectivity index (χ4n) is 5.63. The second-order valence-corrected chi connectivity index (χ2v) is 10.7. The zero-order valence-corrected chi connectivity index (χ0v) is 21.0. The van der Waals surface area contributed by atoms with Crippen molar-refractivity contribution in [2.24, 2.45) is 5.92 Å². The number of anilines is 1. The molecule has 0 bridgehead atoms. The van der Waals surface area contributed by atoms with Crippen LogP contribution in [0.1, 0.15) is 79.3 Å². The van der Waals surface area contributed by atoms with Crippen LogP contribution in [0.4, 0.5) is 5.82 Å². The van der Waals surface area contributed by atoms with E-state index in [1.165, 1.54) is 30.4 Å². The van der Waals surface area contributed by atoms with Crippen molar-refractivity contribution in [1.29, 1.82) is 0 Å². The summed E-state index contributed by atoms with van der Waals surface area (Å²) < 4.78 is 0. The maximum atomic E-state index is 13.2. The van der Waals surface area contributed by atoms with Crippen LogP contribution in [0.15, 0.2) is 36.4 Å². The molecule has 1 amide bonds. The molecule has 1 aromatic carbocycles. The Morgan fingerprint density at radius 2 is 2.06 bits per heavy atom. The second-order valence-electron chi connectivity index (χ2n) is 10.7. The molecule has 2 fully saturated rings. The zero-order valence-electron chi connectivity index (χ0n) is 21.0. The number of benzene rings is 1. The molecule has 1 saturated carbocycles. The highest BCUT2D eigenvalue weighted by molar-refractivity contribution is 5.80. The van der Waals surface area contributed by atoms with Gasteiger partial charge in [-0.05, 0) is 93.1 Å². The summed E-state index contributed by atoms with van der Waals surface area (Å²) in [4.78, 5) is 32.0. The number of hydrogen-bond donors (Lipinski definition) is 3. The lowest BCUT2D eigenvalue weighted by atomic mass is 9.94. The number of rotatable bonds is 10. The molecule has 1 saturated heterocycles. The summed E-state index contributed by atoms with van der Waals surface area (Å²) in [5.74, 6) is 0.615. The molecule has 7 nitrogen and oxygen atoms in total. The van der Waals surface area contributed by atoms with Crippen molar-refractivity contribution in [2.75, 3.05) is 31.5 Å². The maximum absolute atomic E-state index is 13.2. The zero-order chi connectivity index (χ0) is 24.9. The number of aryl methyl sites for hydroxylation is 2. The predicted octanol–water partition coefficient (Wildman–Crippen LogP) is 4.29. The van der Waals surface area contributed by atoms with E-state index in [1.807, 2.05) is 12.1 Å². The van der Waals surface area contributed by atoms with Gasteiger partial charge < -0.3 is 20.6 Å². The molecule has 2 aliphatic heterocycles. The molecule has 0 spiro atoms. The molecule has 0 unspecified atom stereocenters. The van der Waals surface area contributed by atoms with Crippen molar-refractivity contribution >= 4 is 17.7 Å². The number of likely N-dealkylation sites (tertiary alicyclic amines) is 1. The number of carbonyl (C=O) groups excluding carboxylic acids is 1. The van der Waals surface area contributed by atoms with E-state index in [-0.39, 0.29) is 18.2 Å². The molecule has 192 valence electrons. The van der Waals surface area contributed by atoms with E-state index in [9.17, 15) is 14.7 Å². The van der Waals surface area contributed by atoms with Crippen LogP contribution in [0, 0.1) is 5.92 Å². The Balaban J connectivity index is 1.14. The number of aromatic nitrogens is 1. The van der Waals surface area contributed by atoms with E-state index in [2.05, 4.69) is 39.8 Å². The van der Waals surface area contributed by atoms with Gasteiger partial charge in [-0.15, -0.1) is 0 Å². The lowest BCUT2D eigenvalue weighted by Crippen LogP contribution is -2.44. The highest BCUT2D eigenvalue weighted by atomic mass is 16.4. The van der Waals surface area contributed by atoms with Gasteiger partial charge in [0.1, 0.15) is 5.82 Å². The Morgan fingerprint density at radius 1 is 1.17 bits per heavy atom. The van der Waals surface area contributed by atoms with Gasteiger partial charge in [-0.2, -0.15) is 0 Å². The van der Waals surface area contributed by atoms with Crippen molar-refractivity contribution in [2.45, 2.75) is 69.7 Å². The molecule has 2 aromatic rings. The highest BCUT2D eigenvalue weighted by Gasteiger charge is 2.29. The summed E-state index contributed by atoms with van der Waals surface area (Å²) in [6, 6.07) is 12.0. The maximum Gasteiger partial charge on any atom is 0.305 e. The van der Waals surface area contributed by atoms with E-state index in [4.69, 9.17) is 4.98 Å². The summed E-state index contributed by atoms with van der Waals surface area (Å²) in [6.07, 6.45) is 8.33. The van der Waals surface area contributed by atoms with E-state index in [1.54, 1.807) is 0 Å². The van der Waals surface area contributed by atoms with Crippen LogP contribution >= 0.6 is 0 Å². The number of nitrogens with one attached hydrogen (secondary N) is 2. The van der Waals surface area contributed by atoms with Crippen LogP contribution in [0.5, 0.6) is 0 Å². The number of piperidine rings is 1.